The summed E-state index contributed by atoms with van der Waals surface area (Å²) < 4.78 is 15.5. The molecule has 202 valence electrons. The van der Waals surface area contributed by atoms with E-state index in [1.807, 2.05) is 59.0 Å². The van der Waals surface area contributed by atoms with Crippen LogP contribution in [0.2, 0.25) is 0 Å². The van der Waals surface area contributed by atoms with Crippen molar-refractivity contribution in [1.29, 1.82) is 0 Å². The van der Waals surface area contributed by atoms with Crippen LogP contribution >= 0.6 is 0 Å². The Kier molecular flexibility index (Phi) is 5.17. The van der Waals surface area contributed by atoms with Crippen molar-refractivity contribution in [3.8, 4) is 33.9 Å². The predicted molar refractivity (Wildman–Crippen MR) is 155 cm³/mol. The van der Waals surface area contributed by atoms with Gasteiger partial charge in [-0.2, -0.15) is 0 Å². The number of aromatic nitrogens is 5. The maximum atomic E-state index is 13.6. The fourth-order valence-electron chi connectivity index (χ4n) is 6.38. The first-order valence-corrected chi connectivity index (χ1v) is 13.9. The summed E-state index contributed by atoms with van der Waals surface area (Å²) in [5.41, 5.74) is 12.6. The van der Waals surface area contributed by atoms with Gasteiger partial charge in [0, 0.05) is 22.2 Å². The van der Waals surface area contributed by atoms with Crippen molar-refractivity contribution in [2.24, 2.45) is 11.7 Å². The van der Waals surface area contributed by atoms with Crippen LogP contribution in [0.25, 0.3) is 50.7 Å². The standard InChI is InChI=1S/C33H27FN6O/c34-25-14-8-22(9-15-25)30-39-38-27-17-16-26-31(40(27)30)37-29(20-4-2-1-3-5-20)28(36-26)21-6-10-23(11-7-21)32(35)18-33(41,19-32)24-12-13-24/h1-11,14-17,24,41H,12-13,18-19,35H2/t32-,33-. The van der Waals surface area contributed by atoms with E-state index < -0.39 is 11.1 Å². The molecule has 3 aromatic heterocycles. The van der Waals surface area contributed by atoms with Crippen molar-refractivity contribution in [2.75, 3.05) is 0 Å². The monoisotopic (exact) mass is 542 g/mol. The SMILES string of the molecule is N[C@]1(c2ccc(-c3nc4ccc5nnc(-c6ccc(F)cc6)n5c4nc3-c3ccccc3)cc2)C[C@](O)(C2CC2)C1. The fourth-order valence-corrected chi connectivity index (χ4v) is 6.38. The topological polar surface area (TPSA) is 102 Å². The molecule has 2 fully saturated rings. The van der Waals surface area contributed by atoms with Crippen molar-refractivity contribution in [3.63, 3.8) is 0 Å². The maximum Gasteiger partial charge on any atom is 0.170 e. The maximum absolute atomic E-state index is 13.6. The van der Waals surface area contributed by atoms with Gasteiger partial charge in [-0.1, -0.05) is 54.6 Å². The minimum atomic E-state index is -0.613. The van der Waals surface area contributed by atoms with Crippen LogP contribution in [-0.2, 0) is 5.54 Å². The number of nitrogens with two attached hydrogens (primary N) is 1. The Bertz CT molecular complexity index is 1930. The molecule has 0 amide bonds. The van der Waals surface area contributed by atoms with Gasteiger partial charge in [0.25, 0.3) is 0 Å². The number of benzene rings is 3. The van der Waals surface area contributed by atoms with Gasteiger partial charge in [0.1, 0.15) is 11.3 Å². The molecule has 2 aliphatic carbocycles. The number of aliphatic hydroxyl groups is 1. The summed E-state index contributed by atoms with van der Waals surface area (Å²) in [5.74, 6) is 0.655. The van der Waals surface area contributed by atoms with E-state index in [4.69, 9.17) is 15.7 Å². The first-order valence-electron chi connectivity index (χ1n) is 13.9. The van der Waals surface area contributed by atoms with Crippen LogP contribution < -0.4 is 5.73 Å². The molecule has 41 heavy (non-hydrogen) atoms. The second-order valence-corrected chi connectivity index (χ2v) is 11.5. The molecule has 8 rings (SSSR count). The van der Waals surface area contributed by atoms with Crippen LogP contribution in [0.3, 0.4) is 0 Å². The average molecular weight is 543 g/mol. The molecule has 0 radical (unpaired) electrons. The Labute approximate surface area is 235 Å². The Morgan fingerprint density at radius 2 is 1.41 bits per heavy atom. The summed E-state index contributed by atoms with van der Waals surface area (Å²) in [7, 11) is 0. The van der Waals surface area contributed by atoms with Gasteiger partial charge in [0.2, 0.25) is 0 Å². The molecule has 0 unspecified atom stereocenters. The largest absolute Gasteiger partial charge is 0.389 e. The highest BCUT2D eigenvalue weighted by molar-refractivity contribution is 5.87. The number of hydrogen-bond acceptors (Lipinski definition) is 6. The van der Waals surface area contributed by atoms with Gasteiger partial charge in [0.15, 0.2) is 17.1 Å². The lowest BCUT2D eigenvalue weighted by atomic mass is 9.60. The van der Waals surface area contributed by atoms with Crippen molar-refractivity contribution < 1.29 is 9.50 Å². The molecule has 0 aliphatic heterocycles. The molecule has 6 aromatic rings. The van der Waals surface area contributed by atoms with Crippen molar-refractivity contribution in [2.45, 2.75) is 36.8 Å². The third kappa shape index (κ3) is 3.94. The first kappa shape index (κ1) is 24.3. The highest BCUT2D eigenvalue weighted by Crippen LogP contribution is 2.57. The molecule has 3 N–H and O–H groups in total. The summed E-state index contributed by atoms with van der Waals surface area (Å²) in [6.07, 6.45) is 3.39. The molecule has 2 aliphatic rings. The molecule has 0 saturated heterocycles. The van der Waals surface area contributed by atoms with Gasteiger partial charge in [0.05, 0.1) is 17.0 Å². The van der Waals surface area contributed by atoms with Gasteiger partial charge in [-0.25, -0.2) is 14.4 Å². The number of rotatable bonds is 5. The van der Waals surface area contributed by atoms with Gasteiger partial charge in [-0.3, -0.25) is 4.40 Å². The third-order valence-electron chi connectivity index (χ3n) is 8.66. The average Bonchev–Trinajstić information content (AvgIpc) is 3.76. The number of halogens is 1. The van der Waals surface area contributed by atoms with Crippen LogP contribution in [-0.4, -0.2) is 35.3 Å². The van der Waals surface area contributed by atoms with Gasteiger partial charge in [-0.05, 0) is 73.6 Å². The highest BCUT2D eigenvalue weighted by Gasteiger charge is 2.58. The van der Waals surface area contributed by atoms with Crippen molar-refractivity contribution in [1.82, 2.24) is 24.6 Å². The molecule has 0 atom stereocenters. The highest BCUT2D eigenvalue weighted by atomic mass is 19.1. The van der Waals surface area contributed by atoms with Gasteiger partial charge < -0.3 is 10.8 Å². The Balaban J connectivity index is 1.26. The fraction of sp³-hybridized carbons (Fsp3) is 0.212. The summed E-state index contributed by atoms with van der Waals surface area (Å²) in [4.78, 5) is 10.3. The molecular weight excluding hydrogens is 515 g/mol. The lowest BCUT2D eigenvalue weighted by Gasteiger charge is -2.52. The van der Waals surface area contributed by atoms with Crippen LogP contribution in [0.4, 0.5) is 4.39 Å². The smallest absolute Gasteiger partial charge is 0.170 e. The molecule has 0 bridgehead atoms. The van der Waals surface area contributed by atoms with Crippen LogP contribution in [0, 0.1) is 11.7 Å². The first-order chi connectivity index (χ1) is 19.9. The third-order valence-corrected chi connectivity index (χ3v) is 8.66. The Morgan fingerprint density at radius 3 is 2.12 bits per heavy atom. The molecule has 8 heteroatoms. The summed E-state index contributed by atoms with van der Waals surface area (Å²) in [5, 5.41) is 19.6. The zero-order valence-electron chi connectivity index (χ0n) is 22.2. The van der Waals surface area contributed by atoms with Crippen LogP contribution in [0.15, 0.2) is 91.0 Å². The number of nitrogens with zero attached hydrogens (tertiary/aromatic N) is 5. The minimum Gasteiger partial charge on any atom is -0.389 e. The van der Waals surface area contributed by atoms with Gasteiger partial charge in [-0.15, -0.1) is 10.2 Å². The van der Waals surface area contributed by atoms with E-state index >= 15 is 0 Å². The zero-order chi connectivity index (χ0) is 27.8. The molecule has 3 aromatic carbocycles. The summed E-state index contributed by atoms with van der Waals surface area (Å²) >= 11 is 0. The van der Waals surface area contributed by atoms with E-state index in [0.29, 0.717) is 41.4 Å². The van der Waals surface area contributed by atoms with E-state index in [1.165, 1.54) is 12.1 Å². The number of pyridine rings is 1. The molecule has 3 heterocycles. The molecule has 7 nitrogen and oxygen atoms in total. The van der Waals surface area contributed by atoms with Crippen molar-refractivity contribution >= 4 is 16.8 Å². The van der Waals surface area contributed by atoms with E-state index in [0.717, 1.165) is 46.5 Å². The number of fused-ring (bicyclic) bond motifs is 3. The van der Waals surface area contributed by atoms with Crippen molar-refractivity contribution in [3.05, 3.63) is 102 Å². The van der Waals surface area contributed by atoms with E-state index in [9.17, 15) is 9.50 Å². The predicted octanol–water partition coefficient (Wildman–Crippen LogP) is 5.90. The normalized spacial score (nSPS) is 22.2. The Hall–Kier alpha value is -4.53. The molecule has 0 spiro atoms. The zero-order valence-corrected chi connectivity index (χ0v) is 22.2. The van der Waals surface area contributed by atoms with Gasteiger partial charge >= 0.3 is 0 Å². The summed E-state index contributed by atoms with van der Waals surface area (Å²) in [6.45, 7) is 0. The lowest BCUT2D eigenvalue weighted by molar-refractivity contribution is -0.106. The van der Waals surface area contributed by atoms with Crippen LogP contribution in [0.1, 0.15) is 31.2 Å². The Morgan fingerprint density at radius 1 is 0.756 bits per heavy atom. The summed E-state index contributed by atoms with van der Waals surface area (Å²) in [6, 6.07) is 28.1. The van der Waals surface area contributed by atoms with E-state index in [2.05, 4.69) is 22.3 Å². The van der Waals surface area contributed by atoms with E-state index in [1.54, 1.807) is 12.1 Å². The molecule has 2 saturated carbocycles. The lowest BCUT2D eigenvalue weighted by Crippen LogP contribution is -2.60. The van der Waals surface area contributed by atoms with Crippen LogP contribution in [0.5, 0.6) is 0 Å². The second kappa shape index (κ2) is 8.73. The quantitative estimate of drug-likeness (QED) is 0.281. The minimum absolute atomic E-state index is 0.314. The second-order valence-electron chi connectivity index (χ2n) is 11.5. The molecular formula is C33H27FN6O. The van der Waals surface area contributed by atoms with E-state index in [-0.39, 0.29) is 5.82 Å². The number of hydrogen-bond donors (Lipinski definition) is 2.